The van der Waals surface area contributed by atoms with Crippen LogP contribution >= 0.6 is 0 Å². The molecule has 3 aromatic rings. The molecule has 1 aromatic heterocycles. The molecule has 1 atom stereocenters. The Kier molecular flexibility index (Phi) is 7.25. The fourth-order valence-corrected chi connectivity index (χ4v) is 3.99. The van der Waals surface area contributed by atoms with E-state index in [1.807, 2.05) is 48.2 Å². The standard InChI is InChI=1S/C26H26F3N3O3/c1-3-32-21(16-34-17-25(32)33)14-18-4-9-22(10-5-18)35-23-11-7-20(8-12-23)31(2)24-13-6-19(15-30-24)26(27,28)29/h4-13,15,21H,3,14,16-17H2,1-2H3. The molecule has 1 aliphatic rings. The van der Waals surface area contributed by atoms with Crippen molar-refractivity contribution in [3.8, 4) is 11.5 Å². The molecular formula is C26H26F3N3O3. The van der Waals surface area contributed by atoms with Crippen molar-refractivity contribution in [2.75, 3.05) is 31.7 Å². The monoisotopic (exact) mass is 485 g/mol. The highest BCUT2D eigenvalue weighted by molar-refractivity contribution is 5.78. The highest BCUT2D eigenvalue weighted by Crippen LogP contribution is 2.31. The first-order valence-electron chi connectivity index (χ1n) is 11.3. The highest BCUT2D eigenvalue weighted by atomic mass is 19.4. The van der Waals surface area contributed by atoms with E-state index < -0.39 is 11.7 Å². The number of carbonyl (C=O) groups excluding carboxylic acids is 1. The summed E-state index contributed by atoms with van der Waals surface area (Å²) in [4.78, 5) is 19.5. The molecule has 35 heavy (non-hydrogen) atoms. The van der Waals surface area contributed by atoms with Gasteiger partial charge in [0.1, 0.15) is 23.9 Å². The van der Waals surface area contributed by atoms with E-state index >= 15 is 0 Å². The summed E-state index contributed by atoms with van der Waals surface area (Å²) in [7, 11) is 1.73. The van der Waals surface area contributed by atoms with E-state index in [1.165, 1.54) is 6.07 Å². The molecule has 0 N–H and O–H groups in total. The van der Waals surface area contributed by atoms with Crippen LogP contribution in [0.25, 0.3) is 0 Å². The van der Waals surface area contributed by atoms with Gasteiger partial charge in [0, 0.05) is 25.5 Å². The Hall–Kier alpha value is -3.59. The SMILES string of the molecule is CCN1C(=O)COCC1Cc1ccc(Oc2ccc(N(C)c3ccc(C(F)(F)F)cn3)cc2)cc1. The lowest BCUT2D eigenvalue weighted by Gasteiger charge is -2.34. The maximum Gasteiger partial charge on any atom is 0.417 e. The van der Waals surface area contributed by atoms with Gasteiger partial charge in [-0.3, -0.25) is 4.79 Å². The van der Waals surface area contributed by atoms with Gasteiger partial charge in [0.25, 0.3) is 0 Å². The second-order valence-electron chi connectivity index (χ2n) is 8.25. The number of carbonyl (C=O) groups is 1. The van der Waals surface area contributed by atoms with Crippen LogP contribution in [0.4, 0.5) is 24.7 Å². The Balaban J connectivity index is 1.36. The molecule has 1 saturated heterocycles. The number of ether oxygens (including phenoxy) is 2. The summed E-state index contributed by atoms with van der Waals surface area (Å²) in [5, 5.41) is 0. The predicted molar refractivity (Wildman–Crippen MR) is 126 cm³/mol. The maximum absolute atomic E-state index is 12.8. The molecule has 0 saturated carbocycles. The van der Waals surface area contributed by atoms with Crippen molar-refractivity contribution in [2.24, 2.45) is 0 Å². The van der Waals surface area contributed by atoms with Crippen LogP contribution in [0.5, 0.6) is 11.5 Å². The Labute approximate surface area is 201 Å². The van der Waals surface area contributed by atoms with E-state index in [0.717, 1.165) is 23.5 Å². The topological polar surface area (TPSA) is 54.9 Å². The number of alkyl halides is 3. The van der Waals surface area contributed by atoms with Crippen molar-refractivity contribution in [3.63, 3.8) is 0 Å². The van der Waals surface area contributed by atoms with E-state index in [2.05, 4.69) is 4.98 Å². The van der Waals surface area contributed by atoms with Crippen molar-refractivity contribution >= 4 is 17.4 Å². The number of hydrogen-bond donors (Lipinski definition) is 0. The zero-order chi connectivity index (χ0) is 25.0. The lowest BCUT2D eigenvalue weighted by Crippen LogP contribution is -2.50. The van der Waals surface area contributed by atoms with E-state index in [1.54, 1.807) is 24.1 Å². The second kappa shape index (κ2) is 10.4. The molecule has 0 spiro atoms. The number of anilines is 2. The van der Waals surface area contributed by atoms with Gasteiger partial charge < -0.3 is 19.3 Å². The zero-order valence-electron chi connectivity index (χ0n) is 19.5. The summed E-state index contributed by atoms with van der Waals surface area (Å²) in [5.41, 5.74) is 1.05. The number of amides is 1. The van der Waals surface area contributed by atoms with Crippen LogP contribution in [0.2, 0.25) is 0 Å². The van der Waals surface area contributed by atoms with E-state index in [4.69, 9.17) is 9.47 Å². The first-order valence-corrected chi connectivity index (χ1v) is 11.3. The third-order valence-corrected chi connectivity index (χ3v) is 5.91. The maximum atomic E-state index is 12.8. The minimum absolute atomic E-state index is 0.0203. The lowest BCUT2D eigenvalue weighted by atomic mass is 10.0. The number of hydrogen-bond acceptors (Lipinski definition) is 5. The van der Waals surface area contributed by atoms with Crippen molar-refractivity contribution in [1.29, 1.82) is 0 Å². The number of pyridine rings is 1. The van der Waals surface area contributed by atoms with Gasteiger partial charge in [-0.05, 0) is 67.4 Å². The van der Waals surface area contributed by atoms with Gasteiger partial charge in [0.2, 0.25) is 5.91 Å². The number of halogens is 3. The van der Waals surface area contributed by atoms with Crippen molar-refractivity contribution in [2.45, 2.75) is 25.6 Å². The summed E-state index contributed by atoms with van der Waals surface area (Å²) in [6, 6.07) is 17.3. The molecule has 2 aromatic carbocycles. The van der Waals surface area contributed by atoms with Gasteiger partial charge in [0.15, 0.2) is 0 Å². The Morgan fingerprint density at radius 2 is 1.71 bits per heavy atom. The van der Waals surface area contributed by atoms with E-state index in [9.17, 15) is 18.0 Å². The largest absolute Gasteiger partial charge is 0.457 e. The average Bonchev–Trinajstić information content (AvgIpc) is 2.85. The summed E-state index contributed by atoms with van der Waals surface area (Å²) in [6.07, 6.45) is -2.88. The van der Waals surface area contributed by atoms with Crippen LogP contribution in [0.3, 0.4) is 0 Å². The number of benzene rings is 2. The summed E-state index contributed by atoms with van der Waals surface area (Å²) < 4.78 is 49.6. The van der Waals surface area contributed by atoms with E-state index in [-0.39, 0.29) is 18.6 Å². The number of nitrogens with zero attached hydrogens (tertiary/aromatic N) is 3. The van der Waals surface area contributed by atoms with Crippen molar-refractivity contribution in [1.82, 2.24) is 9.88 Å². The fourth-order valence-electron chi connectivity index (χ4n) is 3.99. The third kappa shape index (κ3) is 5.92. The fraction of sp³-hybridized carbons (Fsp3) is 0.308. The summed E-state index contributed by atoms with van der Waals surface area (Å²) >= 11 is 0. The normalized spacial score (nSPS) is 16.3. The van der Waals surface area contributed by atoms with Crippen LogP contribution in [0.1, 0.15) is 18.1 Å². The van der Waals surface area contributed by atoms with Crippen molar-refractivity contribution < 1.29 is 27.4 Å². The quantitative estimate of drug-likeness (QED) is 0.446. The second-order valence-corrected chi connectivity index (χ2v) is 8.25. The molecule has 184 valence electrons. The average molecular weight is 486 g/mol. The summed E-state index contributed by atoms with van der Waals surface area (Å²) in [5.74, 6) is 1.71. The Morgan fingerprint density at radius 3 is 2.29 bits per heavy atom. The number of likely N-dealkylation sites (N-methyl/N-ethyl adjacent to an activating group) is 1. The molecule has 1 fully saturated rings. The van der Waals surface area contributed by atoms with Gasteiger partial charge in [-0.15, -0.1) is 0 Å². The molecule has 0 bridgehead atoms. The van der Waals surface area contributed by atoms with Crippen LogP contribution in [-0.4, -0.2) is 48.6 Å². The van der Waals surface area contributed by atoms with E-state index in [0.29, 0.717) is 36.9 Å². The number of rotatable bonds is 7. The molecule has 1 unspecified atom stereocenters. The first-order chi connectivity index (χ1) is 16.7. The zero-order valence-corrected chi connectivity index (χ0v) is 19.5. The lowest BCUT2D eigenvalue weighted by molar-refractivity contribution is -0.147. The molecule has 1 amide bonds. The molecule has 9 heteroatoms. The minimum Gasteiger partial charge on any atom is -0.457 e. The van der Waals surface area contributed by atoms with Crippen LogP contribution in [0.15, 0.2) is 66.9 Å². The Morgan fingerprint density at radius 1 is 1.06 bits per heavy atom. The Bertz CT molecular complexity index is 1130. The minimum atomic E-state index is -4.42. The van der Waals surface area contributed by atoms with Gasteiger partial charge in [-0.25, -0.2) is 4.98 Å². The van der Waals surface area contributed by atoms with Gasteiger partial charge in [-0.1, -0.05) is 12.1 Å². The molecule has 0 aliphatic carbocycles. The van der Waals surface area contributed by atoms with Gasteiger partial charge in [0.05, 0.1) is 18.2 Å². The molecular weight excluding hydrogens is 459 g/mol. The van der Waals surface area contributed by atoms with Crippen molar-refractivity contribution in [3.05, 3.63) is 78.0 Å². The summed E-state index contributed by atoms with van der Waals surface area (Å²) in [6.45, 7) is 3.30. The van der Waals surface area contributed by atoms with Crippen LogP contribution in [0, 0.1) is 0 Å². The van der Waals surface area contributed by atoms with Crippen LogP contribution < -0.4 is 9.64 Å². The number of morpholine rings is 1. The highest BCUT2D eigenvalue weighted by Gasteiger charge is 2.31. The molecule has 6 nitrogen and oxygen atoms in total. The molecule has 0 radical (unpaired) electrons. The third-order valence-electron chi connectivity index (χ3n) is 5.91. The van der Waals surface area contributed by atoms with Gasteiger partial charge >= 0.3 is 6.18 Å². The molecule has 4 rings (SSSR count). The number of aromatic nitrogens is 1. The predicted octanol–water partition coefficient (Wildman–Crippen LogP) is 5.45. The first kappa shape index (κ1) is 24.5. The smallest absolute Gasteiger partial charge is 0.417 e. The molecule has 2 heterocycles. The molecule has 1 aliphatic heterocycles. The van der Waals surface area contributed by atoms with Crippen LogP contribution in [-0.2, 0) is 22.1 Å². The van der Waals surface area contributed by atoms with Gasteiger partial charge in [-0.2, -0.15) is 13.2 Å².